The molecule has 1 aromatic heterocycles. The largest absolute Gasteiger partial charge is 0.393 e. The van der Waals surface area contributed by atoms with Gasteiger partial charge in [-0.25, -0.2) is 13.4 Å². The standard InChI is InChI=1S/C14H15N3O2S2/c1-10-3-2-8-16-14(10)17-21(18,19)12-6-4-11(5-7-12)9-13(15)20/h2-8H,9H2,1H3,(H2,15,20)(H,16,17). The van der Waals surface area contributed by atoms with Crippen molar-refractivity contribution < 1.29 is 8.42 Å². The van der Waals surface area contributed by atoms with Crippen LogP contribution < -0.4 is 10.5 Å². The molecule has 1 aromatic carbocycles. The molecule has 0 saturated carbocycles. The van der Waals surface area contributed by atoms with Crippen LogP contribution >= 0.6 is 12.2 Å². The number of thiocarbonyl (C=S) groups is 1. The van der Waals surface area contributed by atoms with Crippen LogP contribution in [0.15, 0.2) is 47.5 Å². The van der Waals surface area contributed by atoms with Gasteiger partial charge in [-0.2, -0.15) is 0 Å². The van der Waals surface area contributed by atoms with E-state index in [0.717, 1.165) is 11.1 Å². The first-order chi connectivity index (χ1) is 9.88. The van der Waals surface area contributed by atoms with Crippen molar-refractivity contribution in [2.75, 3.05) is 4.72 Å². The topological polar surface area (TPSA) is 85.1 Å². The number of hydrogen-bond donors (Lipinski definition) is 2. The lowest BCUT2D eigenvalue weighted by molar-refractivity contribution is 0.601. The van der Waals surface area contributed by atoms with Gasteiger partial charge in [0.2, 0.25) is 0 Å². The number of anilines is 1. The molecule has 0 aliphatic rings. The van der Waals surface area contributed by atoms with Gasteiger partial charge in [-0.1, -0.05) is 30.4 Å². The Bertz CT molecular complexity index is 756. The number of rotatable bonds is 5. The van der Waals surface area contributed by atoms with Gasteiger partial charge in [0.05, 0.1) is 9.88 Å². The van der Waals surface area contributed by atoms with Gasteiger partial charge < -0.3 is 5.73 Å². The molecule has 0 aliphatic heterocycles. The molecule has 0 saturated heterocycles. The third-order valence-corrected chi connectivity index (χ3v) is 4.35. The zero-order chi connectivity index (χ0) is 15.5. The van der Waals surface area contributed by atoms with Crippen LogP contribution in [0, 0.1) is 6.92 Å². The number of nitrogens with two attached hydrogens (primary N) is 1. The highest BCUT2D eigenvalue weighted by Gasteiger charge is 2.15. The lowest BCUT2D eigenvalue weighted by atomic mass is 10.1. The van der Waals surface area contributed by atoms with E-state index >= 15 is 0 Å². The third-order valence-electron chi connectivity index (χ3n) is 2.85. The van der Waals surface area contributed by atoms with Gasteiger partial charge in [0.15, 0.2) is 0 Å². The summed E-state index contributed by atoms with van der Waals surface area (Å²) < 4.78 is 27.0. The third kappa shape index (κ3) is 3.99. The van der Waals surface area contributed by atoms with Crippen molar-refractivity contribution in [3.63, 3.8) is 0 Å². The second kappa shape index (κ2) is 6.19. The van der Waals surface area contributed by atoms with E-state index in [4.69, 9.17) is 18.0 Å². The van der Waals surface area contributed by atoms with E-state index in [1.807, 2.05) is 0 Å². The minimum absolute atomic E-state index is 0.166. The fourth-order valence-corrected chi connectivity index (χ4v) is 3.01. The summed E-state index contributed by atoms with van der Waals surface area (Å²) in [4.78, 5) is 4.56. The number of sulfonamides is 1. The van der Waals surface area contributed by atoms with E-state index in [1.165, 1.54) is 18.3 Å². The van der Waals surface area contributed by atoms with Crippen LogP contribution in [0.2, 0.25) is 0 Å². The van der Waals surface area contributed by atoms with Crippen molar-refractivity contribution in [1.82, 2.24) is 4.98 Å². The maximum Gasteiger partial charge on any atom is 0.263 e. The molecule has 0 unspecified atom stereocenters. The second-order valence-electron chi connectivity index (χ2n) is 4.56. The minimum atomic E-state index is -3.66. The first kappa shape index (κ1) is 15.4. The van der Waals surface area contributed by atoms with E-state index in [9.17, 15) is 8.42 Å². The molecular formula is C14H15N3O2S2. The van der Waals surface area contributed by atoms with E-state index in [0.29, 0.717) is 17.2 Å². The molecule has 7 heteroatoms. The molecule has 2 rings (SSSR count). The van der Waals surface area contributed by atoms with Crippen molar-refractivity contribution in [2.45, 2.75) is 18.2 Å². The van der Waals surface area contributed by atoms with Crippen molar-refractivity contribution >= 4 is 33.0 Å². The maximum absolute atomic E-state index is 12.3. The zero-order valence-electron chi connectivity index (χ0n) is 11.4. The van der Waals surface area contributed by atoms with Crippen LogP contribution in [0.1, 0.15) is 11.1 Å². The molecule has 2 aromatic rings. The lowest BCUT2D eigenvalue weighted by Crippen LogP contribution is -2.15. The molecule has 0 fully saturated rings. The minimum Gasteiger partial charge on any atom is -0.393 e. The summed E-state index contributed by atoms with van der Waals surface area (Å²) in [6.07, 6.45) is 1.98. The number of hydrogen-bond acceptors (Lipinski definition) is 4. The van der Waals surface area contributed by atoms with E-state index in [2.05, 4.69) is 9.71 Å². The highest BCUT2D eigenvalue weighted by Crippen LogP contribution is 2.17. The first-order valence-corrected chi connectivity index (χ1v) is 8.09. The van der Waals surface area contributed by atoms with Crippen molar-refractivity contribution in [2.24, 2.45) is 5.73 Å². The van der Waals surface area contributed by atoms with Gasteiger partial charge in [-0.15, -0.1) is 0 Å². The van der Waals surface area contributed by atoms with Gasteiger partial charge in [0.25, 0.3) is 10.0 Å². The van der Waals surface area contributed by atoms with Crippen LogP contribution in [0.25, 0.3) is 0 Å². The Morgan fingerprint density at radius 2 is 1.95 bits per heavy atom. The Labute approximate surface area is 129 Å². The van der Waals surface area contributed by atoms with Crippen molar-refractivity contribution in [3.05, 3.63) is 53.7 Å². The molecule has 0 atom stereocenters. The smallest absolute Gasteiger partial charge is 0.263 e. The molecule has 5 nitrogen and oxygen atoms in total. The summed E-state index contributed by atoms with van der Waals surface area (Å²) in [5.41, 5.74) is 7.09. The summed E-state index contributed by atoms with van der Waals surface area (Å²) in [6, 6.07) is 9.97. The number of benzene rings is 1. The Hall–Kier alpha value is -1.99. The van der Waals surface area contributed by atoms with Crippen LogP contribution in [0.5, 0.6) is 0 Å². The highest BCUT2D eigenvalue weighted by atomic mass is 32.2. The predicted octanol–water partition coefficient (Wildman–Crippen LogP) is 2.02. The molecule has 3 N–H and O–H groups in total. The number of nitrogens with one attached hydrogen (secondary N) is 1. The van der Waals surface area contributed by atoms with Gasteiger partial charge in [-0.05, 0) is 36.2 Å². The Morgan fingerprint density at radius 3 is 2.52 bits per heavy atom. The van der Waals surface area contributed by atoms with Crippen LogP contribution in [0.4, 0.5) is 5.82 Å². The number of aryl methyl sites for hydroxylation is 1. The average molecular weight is 321 g/mol. The summed E-state index contributed by atoms with van der Waals surface area (Å²) in [6.45, 7) is 1.79. The normalized spacial score (nSPS) is 11.1. The molecule has 0 aliphatic carbocycles. The number of pyridine rings is 1. The Morgan fingerprint density at radius 1 is 1.29 bits per heavy atom. The van der Waals surface area contributed by atoms with Crippen LogP contribution in [-0.2, 0) is 16.4 Å². The second-order valence-corrected chi connectivity index (χ2v) is 6.77. The molecule has 0 spiro atoms. The van der Waals surface area contributed by atoms with Crippen LogP contribution in [-0.4, -0.2) is 18.4 Å². The Balaban J connectivity index is 2.24. The maximum atomic E-state index is 12.3. The zero-order valence-corrected chi connectivity index (χ0v) is 13.0. The summed E-state index contributed by atoms with van der Waals surface area (Å²) >= 11 is 4.82. The fraction of sp³-hybridized carbons (Fsp3) is 0.143. The number of nitrogens with zero attached hydrogens (tertiary/aromatic N) is 1. The van der Waals surface area contributed by atoms with Gasteiger partial charge in [-0.3, -0.25) is 4.72 Å². The van der Waals surface area contributed by atoms with Crippen molar-refractivity contribution in [3.8, 4) is 0 Å². The Kier molecular flexibility index (Phi) is 4.54. The highest BCUT2D eigenvalue weighted by molar-refractivity contribution is 7.92. The van der Waals surface area contributed by atoms with E-state index in [1.54, 1.807) is 31.2 Å². The molecule has 0 amide bonds. The lowest BCUT2D eigenvalue weighted by Gasteiger charge is -2.09. The number of aromatic nitrogens is 1. The molecule has 0 bridgehead atoms. The summed E-state index contributed by atoms with van der Waals surface area (Å²) in [5.74, 6) is 0.324. The summed E-state index contributed by atoms with van der Waals surface area (Å²) in [5, 5.41) is 0. The van der Waals surface area contributed by atoms with Gasteiger partial charge >= 0.3 is 0 Å². The van der Waals surface area contributed by atoms with Gasteiger partial charge in [0, 0.05) is 12.6 Å². The monoisotopic (exact) mass is 321 g/mol. The van der Waals surface area contributed by atoms with E-state index in [-0.39, 0.29) is 4.90 Å². The van der Waals surface area contributed by atoms with Crippen LogP contribution in [0.3, 0.4) is 0 Å². The molecule has 21 heavy (non-hydrogen) atoms. The van der Waals surface area contributed by atoms with Crippen molar-refractivity contribution in [1.29, 1.82) is 0 Å². The first-order valence-electron chi connectivity index (χ1n) is 6.20. The molecule has 1 heterocycles. The van der Waals surface area contributed by atoms with Gasteiger partial charge in [0.1, 0.15) is 5.82 Å². The van der Waals surface area contributed by atoms with E-state index < -0.39 is 10.0 Å². The average Bonchev–Trinajstić information content (AvgIpc) is 2.41. The SMILES string of the molecule is Cc1cccnc1NS(=O)(=O)c1ccc(CC(N)=S)cc1. The molecular weight excluding hydrogens is 306 g/mol. The predicted molar refractivity (Wildman–Crippen MR) is 86.7 cm³/mol. The molecule has 110 valence electrons. The summed E-state index contributed by atoms with van der Waals surface area (Å²) in [7, 11) is -3.66. The fourth-order valence-electron chi connectivity index (χ4n) is 1.77. The molecule has 0 radical (unpaired) electrons. The quantitative estimate of drug-likeness (QED) is 0.823.